The van der Waals surface area contributed by atoms with Gasteiger partial charge in [-0.1, -0.05) is 36.2 Å². The van der Waals surface area contributed by atoms with Crippen LogP contribution in [0.25, 0.3) is 0 Å². The standard InChI is InChI=1S/C17H26BrNO/c1-3-14(19)10-13-11-16(7-8-17(13)18)20-15-6-4-5-12(2)9-15/h7-8,11-12,14-15H,3-6,9-10,19H2,1-2H3. The largest absolute Gasteiger partial charge is 0.490 e. The van der Waals surface area contributed by atoms with Gasteiger partial charge in [0.15, 0.2) is 0 Å². The van der Waals surface area contributed by atoms with Crippen molar-refractivity contribution in [2.75, 3.05) is 0 Å². The maximum Gasteiger partial charge on any atom is 0.120 e. The van der Waals surface area contributed by atoms with Crippen LogP contribution in [0.4, 0.5) is 0 Å². The van der Waals surface area contributed by atoms with Gasteiger partial charge in [0, 0.05) is 10.5 Å². The maximum absolute atomic E-state index is 6.17. The number of halogens is 1. The minimum Gasteiger partial charge on any atom is -0.490 e. The van der Waals surface area contributed by atoms with Crippen LogP contribution in [-0.2, 0) is 6.42 Å². The lowest BCUT2D eigenvalue weighted by molar-refractivity contribution is 0.129. The quantitative estimate of drug-likeness (QED) is 0.844. The lowest BCUT2D eigenvalue weighted by atomic mass is 9.89. The van der Waals surface area contributed by atoms with Gasteiger partial charge in [0.2, 0.25) is 0 Å². The van der Waals surface area contributed by atoms with E-state index in [1.807, 2.05) is 0 Å². The van der Waals surface area contributed by atoms with Gasteiger partial charge in [-0.25, -0.2) is 0 Å². The third-order valence-electron chi connectivity index (χ3n) is 4.21. The first-order valence-corrected chi connectivity index (χ1v) is 8.58. The van der Waals surface area contributed by atoms with Crippen molar-refractivity contribution in [3.8, 4) is 5.75 Å². The van der Waals surface area contributed by atoms with Gasteiger partial charge >= 0.3 is 0 Å². The molecule has 2 nitrogen and oxygen atoms in total. The molecule has 0 bridgehead atoms. The Morgan fingerprint density at radius 1 is 1.40 bits per heavy atom. The van der Waals surface area contributed by atoms with E-state index in [-0.39, 0.29) is 6.04 Å². The molecule has 0 aliphatic heterocycles. The van der Waals surface area contributed by atoms with Crippen LogP contribution in [0, 0.1) is 5.92 Å². The smallest absolute Gasteiger partial charge is 0.120 e. The Morgan fingerprint density at radius 3 is 2.90 bits per heavy atom. The lowest BCUT2D eigenvalue weighted by Crippen LogP contribution is -2.24. The SMILES string of the molecule is CCC(N)Cc1cc(OC2CCCC(C)C2)ccc1Br. The molecule has 1 saturated carbocycles. The van der Waals surface area contributed by atoms with Crippen LogP contribution in [0.15, 0.2) is 22.7 Å². The van der Waals surface area contributed by atoms with Crippen LogP contribution in [0.2, 0.25) is 0 Å². The zero-order valence-electron chi connectivity index (χ0n) is 12.6. The minimum atomic E-state index is 0.219. The van der Waals surface area contributed by atoms with Crippen LogP contribution < -0.4 is 10.5 Å². The molecule has 20 heavy (non-hydrogen) atoms. The normalized spacial score (nSPS) is 24.4. The molecule has 112 valence electrons. The van der Waals surface area contributed by atoms with Gasteiger partial charge in [-0.15, -0.1) is 0 Å². The second kappa shape index (κ2) is 7.46. The van der Waals surface area contributed by atoms with Crippen molar-refractivity contribution < 1.29 is 4.74 Å². The summed E-state index contributed by atoms with van der Waals surface area (Å²) in [6, 6.07) is 6.51. The van der Waals surface area contributed by atoms with Crippen molar-refractivity contribution in [2.45, 2.75) is 64.5 Å². The van der Waals surface area contributed by atoms with Crippen molar-refractivity contribution in [3.05, 3.63) is 28.2 Å². The number of benzene rings is 1. The highest BCUT2D eigenvalue weighted by Crippen LogP contribution is 2.29. The molecule has 0 aromatic heterocycles. The highest BCUT2D eigenvalue weighted by molar-refractivity contribution is 9.10. The monoisotopic (exact) mass is 339 g/mol. The van der Waals surface area contributed by atoms with Gasteiger partial charge in [-0.05, 0) is 61.8 Å². The van der Waals surface area contributed by atoms with Crippen molar-refractivity contribution in [1.29, 1.82) is 0 Å². The Kier molecular flexibility index (Phi) is 5.91. The first kappa shape index (κ1) is 15.8. The molecule has 2 rings (SSSR count). The third kappa shape index (κ3) is 4.49. The Bertz CT molecular complexity index is 435. The van der Waals surface area contributed by atoms with Gasteiger partial charge in [-0.2, -0.15) is 0 Å². The molecule has 0 saturated heterocycles. The summed E-state index contributed by atoms with van der Waals surface area (Å²) < 4.78 is 7.31. The van der Waals surface area contributed by atoms with Gasteiger partial charge in [0.25, 0.3) is 0 Å². The van der Waals surface area contributed by atoms with Gasteiger partial charge in [0.05, 0.1) is 6.10 Å². The summed E-state index contributed by atoms with van der Waals surface area (Å²) in [5, 5.41) is 0. The number of rotatable bonds is 5. The fourth-order valence-corrected chi connectivity index (χ4v) is 3.29. The molecule has 1 aliphatic rings. The molecule has 1 aromatic carbocycles. The summed E-state index contributed by atoms with van der Waals surface area (Å²) in [5.41, 5.74) is 7.32. The average molecular weight is 340 g/mol. The summed E-state index contributed by atoms with van der Waals surface area (Å²) in [6.07, 6.45) is 7.27. The summed E-state index contributed by atoms with van der Waals surface area (Å²) in [5.74, 6) is 1.78. The molecule has 3 unspecified atom stereocenters. The Morgan fingerprint density at radius 2 is 2.20 bits per heavy atom. The molecule has 0 spiro atoms. The summed E-state index contributed by atoms with van der Waals surface area (Å²) in [6.45, 7) is 4.45. The zero-order valence-corrected chi connectivity index (χ0v) is 14.2. The Balaban J connectivity index is 2.02. The van der Waals surface area contributed by atoms with E-state index in [0.29, 0.717) is 6.10 Å². The molecule has 1 aromatic rings. The third-order valence-corrected chi connectivity index (χ3v) is 4.99. The molecule has 1 aliphatic carbocycles. The predicted molar refractivity (Wildman–Crippen MR) is 88.2 cm³/mol. The predicted octanol–water partition coefficient (Wildman–Crippen LogP) is 4.69. The van der Waals surface area contributed by atoms with E-state index < -0.39 is 0 Å². The molecule has 0 radical (unpaired) electrons. The van der Waals surface area contributed by atoms with E-state index in [4.69, 9.17) is 10.5 Å². The van der Waals surface area contributed by atoms with E-state index in [1.54, 1.807) is 0 Å². The molecule has 2 N–H and O–H groups in total. The number of ether oxygens (including phenoxy) is 1. The van der Waals surface area contributed by atoms with Crippen LogP contribution in [0.1, 0.15) is 51.5 Å². The van der Waals surface area contributed by atoms with Gasteiger partial charge < -0.3 is 10.5 Å². The Labute approximate surface area is 131 Å². The molecule has 0 amide bonds. The highest BCUT2D eigenvalue weighted by atomic mass is 79.9. The van der Waals surface area contributed by atoms with E-state index in [0.717, 1.165) is 29.0 Å². The van der Waals surface area contributed by atoms with Crippen LogP contribution in [-0.4, -0.2) is 12.1 Å². The minimum absolute atomic E-state index is 0.219. The van der Waals surface area contributed by atoms with E-state index >= 15 is 0 Å². The van der Waals surface area contributed by atoms with Crippen LogP contribution in [0.3, 0.4) is 0 Å². The number of nitrogens with two attached hydrogens (primary N) is 1. The molecule has 3 atom stereocenters. The van der Waals surface area contributed by atoms with Gasteiger partial charge in [-0.3, -0.25) is 0 Å². The van der Waals surface area contributed by atoms with Crippen LogP contribution >= 0.6 is 15.9 Å². The van der Waals surface area contributed by atoms with Crippen molar-refractivity contribution in [2.24, 2.45) is 11.7 Å². The molecule has 1 fully saturated rings. The first-order chi connectivity index (χ1) is 9.58. The fraction of sp³-hybridized carbons (Fsp3) is 0.647. The van der Waals surface area contributed by atoms with Crippen molar-refractivity contribution in [3.63, 3.8) is 0 Å². The fourth-order valence-electron chi connectivity index (χ4n) is 2.89. The Hall–Kier alpha value is -0.540. The topological polar surface area (TPSA) is 35.2 Å². The average Bonchev–Trinajstić information content (AvgIpc) is 2.42. The van der Waals surface area contributed by atoms with Crippen LogP contribution in [0.5, 0.6) is 5.75 Å². The number of hydrogen-bond acceptors (Lipinski definition) is 2. The summed E-state index contributed by atoms with van der Waals surface area (Å²) >= 11 is 3.61. The number of hydrogen-bond donors (Lipinski definition) is 1. The zero-order chi connectivity index (χ0) is 14.5. The van der Waals surface area contributed by atoms with Gasteiger partial charge in [0.1, 0.15) is 5.75 Å². The lowest BCUT2D eigenvalue weighted by Gasteiger charge is -2.27. The second-order valence-electron chi connectivity index (χ2n) is 6.14. The molecule has 0 heterocycles. The van der Waals surface area contributed by atoms with E-state index in [2.05, 4.69) is 48.0 Å². The summed E-state index contributed by atoms with van der Waals surface area (Å²) in [7, 11) is 0. The van der Waals surface area contributed by atoms with Crippen molar-refractivity contribution >= 4 is 15.9 Å². The van der Waals surface area contributed by atoms with E-state index in [9.17, 15) is 0 Å². The summed E-state index contributed by atoms with van der Waals surface area (Å²) in [4.78, 5) is 0. The highest BCUT2D eigenvalue weighted by Gasteiger charge is 2.20. The second-order valence-corrected chi connectivity index (χ2v) is 6.99. The first-order valence-electron chi connectivity index (χ1n) is 7.79. The molecular formula is C17H26BrNO. The van der Waals surface area contributed by atoms with Crippen molar-refractivity contribution in [1.82, 2.24) is 0 Å². The molecule has 3 heteroatoms. The maximum atomic E-state index is 6.17. The molecular weight excluding hydrogens is 314 g/mol. The van der Waals surface area contributed by atoms with E-state index in [1.165, 1.54) is 31.2 Å².